The lowest BCUT2D eigenvalue weighted by atomic mass is 10.1. The smallest absolute Gasteiger partial charge is 0.273 e. The Hall–Kier alpha value is -2.28. The zero-order chi connectivity index (χ0) is 16.1. The minimum absolute atomic E-state index is 0.0186. The maximum Gasteiger partial charge on any atom is 0.273 e. The van der Waals surface area contributed by atoms with Crippen molar-refractivity contribution in [2.45, 2.75) is 13.0 Å². The average molecular weight is 367 g/mol. The lowest BCUT2D eigenvalue weighted by molar-refractivity contribution is -0.385. The Bertz CT molecular complexity index is 722. The number of nitro groups is 1. The van der Waals surface area contributed by atoms with Crippen molar-refractivity contribution in [1.82, 2.24) is 5.32 Å². The first kappa shape index (κ1) is 16.1. The van der Waals surface area contributed by atoms with Crippen LogP contribution in [0.5, 0.6) is 0 Å². The van der Waals surface area contributed by atoms with E-state index in [-0.39, 0.29) is 18.7 Å². The van der Waals surface area contributed by atoms with Crippen LogP contribution >= 0.6 is 15.9 Å². The van der Waals surface area contributed by atoms with Crippen LogP contribution < -0.4 is 5.32 Å². The summed E-state index contributed by atoms with van der Waals surface area (Å²) in [7, 11) is 0. The van der Waals surface area contributed by atoms with Gasteiger partial charge in [0.15, 0.2) is 0 Å². The zero-order valence-electron chi connectivity index (χ0n) is 11.4. The molecule has 0 spiro atoms. The summed E-state index contributed by atoms with van der Waals surface area (Å²) >= 11 is 3.23. The second-order valence-electron chi connectivity index (χ2n) is 4.58. The molecule has 0 fully saturated rings. The SMILES string of the molecule is O=C(Cc1ccccc1[N+](=O)[O-])NCc1cc(Br)ccc1F. The number of carbonyl (C=O) groups is 1. The second kappa shape index (κ2) is 7.13. The van der Waals surface area contributed by atoms with Gasteiger partial charge in [0.2, 0.25) is 5.91 Å². The molecule has 0 saturated heterocycles. The van der Waals surface area contributed by atoms with Gasteiger partial charge >= 0.3 is 0 Å². The fraction of sp³-hybridized carbons (Fsp3) is 0.133. The van der Waals surface area contributed by atoms with E-state index in [4.69, 9.17) is 0 Å². The molecule has 0 aliphatic carbocycles. The van der Waals surface area contributed by atoms with Crippen LogP contribution in [0.3, 0.4) is 0 Å². The fourth-order valence-corrected chi connectivity index (χ4v) is 2.35. The molecular formula is C15H12BrFN2O3. The fourth-order valence-electron chi connectivity index (χ4n) is 1.95. The number of hydrogen-bond donors (Lipinski definition) is 1. The van der Waals surface area contributed by atoms with E-state index in [9.17, 15) is 19.3 Å². The van der Waals surface area contributed by atoms with Crippen molar-refractivity contribution in [2.75, 3.05) is 0 Å². The molecule has 0 bridgehead atoms. The van der Waals surface area contributed by atoms with E-state index in [1.54, 1.807) is 18.2 Å². The molecule has 0 aromatic heterocycles. The number of rotatable bonds is 5. The van der Waals surface area contributed by atoms with Crippen LogP contribution in [-0.2, 0) is 17.8 Å². The Morgan fingerprint density at radius 2 is 1.95 bits per heavy atom. The van der Waals surface area contributed by atoms with Gasteiger partial charge in [-0.05, 0) is 18.2 Å². The minimum Gasteiger partial charge on any atom is -0.352 e. The van der Waals surface area contributed by atoms with Crippen LogP contribution in [0, 0.1) is 15.9 Å². The number of nitrogens with one attached hydrogen (secondary N) is 1. The first-order valence-corrected chi connectivity index (χ1v) is 7.19. The van der Waals surface area contributed by atoms with E-state index in [0.29, 0.717) is 15.6 Å². The number of carbonyl (C=O) groups excluding carboxylic acids is 1. The lowest BCUT2D eigenvalue weighted by Gasteiger charge is -2.07. The average Bonchev–Trinajstić information content (AvgIpc) is 2.48. The molecule has 7 heteroatoms. The van der Waals surface area contributed by atoms with Crippen molar-refractivity contribution < 1.29 is 14.1 Å². The highest BCUT2D eigenvalue weighted by Gasteiger charge is 2.15. The van der Waals surface area contributed by atoms with Gasteiger partial charge in [-0.15, -0.1) is 0 Å². The van der Waals surface area contributed by atoms with Gasteiger partial charge in [-0.3, -0.25) is 14.9 Å². The van der Waals surface area contributed by atoms with E-state index < -0.39 is 16.6 Å². The minimum atomic E-state index is -0.531. The molecule has 0 atom stereocenters. The Morgan fingerprint density at radius 3 is 2.68 bits per heavy atom. The van der Waals surface area contributed by atoms with Gasteiger partial charge in [0, 0.05) is 28.2 Å². The number of nitro benzene ring substituents is 1. The summed E-state index contributed by atoms with van der Waals surface area (Å²) in [5.41, 5.74) is 0.552. The van der Waals surface area contributed by atoms with Gasteiger partial charge in [-0.1, -0.05) is 34.1 Å². The standard InChI is InChI=1S/C15H12BrFN2O3/c16-12-5-6-13(17)11(7-12)9-18-15(20)8-10-3-1-2-4-14(10)19(21)22/h1-7H,8-9H2,(H,18,20). The highest BCUT2D eigenvalue weighted by Crippen LogP contribution is 2.18. The van der Waals surface area contributed by atoms with Gasteiger partial charge in [0.05, 0.1) is 11.3 Å². The molecule has 0 aliphatic heterocycles. The van der Waals surface area contributed by atoms with Crippen LogP contribution in [-0.4, -0.2) is 10.8 Å². The zero-order valence-corrected chi connectivity index (χ0v) is 13.0. The third-order valence-electron chi connectivity index (χ3n) is 3.02. The summed E-state index contributed by atoms with van der Waals surface area (Å²) in [5.74, 6) is -0.831. The predicted octanol–water partition coefficient (Wildman–Crippen LogP) is 3.36. The molecular weight excluding hydrogens is 355 g/mol. The van der Waals surface area contributed by atoms with Crippen molar-refractivity contribution in [3.63, 3.8) is 0 Å². The predicted molar refractivity (Wildman–Crippen MR) is 82.7 cm³/mol. The van der Waals surface area contributed by atoms with Crippen LogP contribution in [0.1, 0.15) is 11.1 Å². The third kappa shape index (κ3) is 4.11. The number of nitrogens with zero attached hydrogens (tertiary/aromatic N) is 1. The molecule has 0 heterocycles. The molecule has 114 valence electrons. The molecule has 2 aromatic carbocycles. The van der Waals surface area contributed by atoms with Gasteiger partial charge in [0.1, 0.15) is 5.82 Å². The van der Waals surface area contributed by atoms with Crippen LogP contribution in [0.4, 0.5) is 10.1 Å². The highest BCUT2D eigenvalue weighted by atomic mass is 79.9. The normalized spacial score (nSPS) is 10.3. The summed E-state index contributed by atoms with van der Waals surface area (Å²) < 4.78 is 14.3. The van der Waals surface area contributed by atoms with E-state index in [1.807, 2.05) is 0 Å². The first-order valence-electron chi connectivity index (χ1n) is 6.40. The first-order chi connectivity index (χ1) is 10.5. The van der Waals surface area contributed by atoms with Crippen molar-refractivity contribution in [3.8, 4) is 0 Å². The number of halogens is 2. The molecule has 0 unspecified atom stereocenters. The van der Waals surface area contributed by atoms with Gasteiger partial charge in [-0.25, -0.2) is 4.39 Å². The summed E-state index contributed by atoms with van der Waals surface area (Å²) in [6.07, 6.45) is -0.132. The number of hydrogen-bond acceptors (Lipinski definition) is 3. The van der Waals surface area contributed by atoms with E-state index in [1.165, 1.54) is 24.3 Å². The largest absolute Gasteiger partial charge is 0.352 e. The Morgan fingerprint density at radius 1 is 1.23 bits per heavy atom. The quantitative estimate of drug-likeness (QED) is 0.651. The summed E-state index contributed by atoms with van der Waals surface area (Å²) in [6.45, 7) is 0.0186. The Labute approximate surface area is 134 Å². The molecule has 0 radical (unpaired) electrons. The maximum atomic E-state index is 13.6. The van der Waals surface area contributed by atoms with E-state index in [0.717, 1.165) is 0 Å². The van der Waals surface area contributed by atoms with Gasteiger partial charge in [-0.2, -0.15) is 0 Å². The van der Waals surface area contributed by atoms with Crippen molar-refractivity contribution in [1.29, 1.82) is 0 Å². The molecule has 0 aliphatic rings. The Kier molecular flexibility index (Phi) is 5.21. The topological polar surface area (TPSA) is 72.2 Å². The monoisotopic (exact) mass is 366 g/mol. The second-order valence-corrected chi connectivity index (χ2v) is 5.49. The number of benzene rings is 2. The number of amides is 1. The van der Waals surface area contributed by atoms with Crippen molar-refractivity contribution >= 4 is 27.5 Å². The highest BCUT2D eigenvalue weighted by molar-refractivity contribution is 9.10. The summed E-state index contributed by atoms with van der Waals surface area (Å²) in [6, 6.07) is 10.5. The van der Waals surface area contributed by atoms with Crippen LogP contribution in [0.25, 0.3) is 0 Å². The number of para-hydroxylation sites is 1. The molecule has 0 saturated carbocycles. The molecule has 1 N–H and O–H groups in total. The van der Waals surface area contributed by atoms with Crippen LogP contribution in [0.15, 0.2) is 46.9 Å². The molecule has 2 rings (SSSR count). The lowest BCUT2D eigenvalue weighted by Crippen LogP contribution is -2.25. The molecule has 1 amide bonds. The van der Waals surface area contributed by atoms with Crippen molar-refractivity contribution in [2.24, 2.45) is 0 Å². The third-order valence-corrected chi connectivity index (χ3v) is 3.52. The molecule has 2 aromatic rings. The van der Waals surface area contributed by atoms with Crippen LogP contribution in [0.2, 0.25) is 0 Å². The maximum absolute atomic E-state index is 13.6. The van der Waals surface area contributed by atoms with Gasteiger partial charge < -0.3 is 5.32 Å². The van der Waals surface area contributed by atoms with E-state index >= 15 is 0 Å². The van der Waals surface area contributed by atoms with Gasteiger partial charge in [0.25, 0.3) is 5.69 Å². The molecule has 22 heavy (non-hydrogen) atoms. The summed E-state index contributed by atoms with van der Waals surface area (Å²) in [5, 5.41) is 13.4. The molecule has 5 nitrogen and oxygen atoms in total. The summed E-state index contributed by atoms with van der Waals surface area (Å²) in [4.78, 5) is 22.2. The van der Waals surface area contributed by atoms with E-state index in [2.05, 4.69) is 21.2 Å². The van der Waals surface area contributed by atoms with Crippen molar-refractivity contribution in [3.05, 3.63) is 74.0 Å². The Balaban J connectivity index is 2.02.